The zero-order valence-electron chi connectivity index (χ0n) is 9.00. The van der Waals surface area contributed by atoms with Crippen LogP contribution < -0.4 is 0 Å². The fourth-order valence-corrected chi connectivity index (χ4v) is 1.57. The van der Waals surface area contributed by atoms with E-state index in [4.69, 9.17) is 10.2 Å². The van der Waals surface area contributed by atoms with Gasteiger partial charge in [0.15, 0.2) is 0 Å². The topological polar surface area (TPSA) is 40.5 Å². The first-order valence-corrected chi connectivity index (χ1v) is 5.58. The van der Waals surface area contributed by atoms with Gasteiger partial charge in [-0.3, -0.25) is 0 Å². The molecule has 0 spiro atoms. The Bertz CT molecular complexity index is 107. The predicted molar refractivity (Wildman–Crippen MR) is 55.7 cm³/mol. The third-order valence-corrected chi connectivity index (χ3v) is 2.62. The van der Waals surface area contributed by atoms with Crippen molar-refractivity contribution in [2.45, 2.75) is 56.8 Å². The molecule has 0 aromatic carbocycles. The van der Waals surface area contributed by atoms with Gasteiger partial charge in [-0.25, -0.2) is 0 Å². The van der Waals surface area contributed by atoms with Gasteiger partial charge in [-0.2, -0.15) is 0 Å². The van der Waals surface area contributed by atoms with Crippen molar-refractivity contribution in [3.63, 3.8) is 0 Å². The fraction of sp³-hybridized carbons (Fsp3) is 1.00. The van der Waals surface area contributed by atoms with Gasteiger partial charge >= 0.3 is 90.7 Å². The summed E-state index contributed by atoms with van der Waals surface area (Å²) >= 11 is 2.20. The van der Waals surface area contributed by atoms with Crippen LogP contribution in [0.2, 0.25) is 5.09 Å². The minimum atomic E-state index is -1.11. The standard InChI is InChI=1S/C10H21O2.Li/c1-3-5-6-7-8-9(4-2)10(11)12;/h9-12H,1,3-8H2,2H3;. The molecule has 0 radical (unpaired) electrons. The number of hydrogen-bond acceptors (Lipinski definition) is 2. The summed E-state index contributed by atoms with van der Waals surface area (Å²) in [4.78, 5) is 0. The van der Waals surface area contributed by atoms with E-state index in [1.54, 1.807) is 0 Å². The second-order valence-electron chi connectivity index (χ2n) is 3.78. The molecule has 1 unspecified atom stereocenters. The van der Waals surface area contributed by atoms with Crippen LogP contribution in [0.25, 0.3) is 0 Å². The molecule has 0 bridgehead atoms. The van der Waals surface area contributed by atoms with E-state index < -0.39 is 6.29 Å². The van der Waals surface area contributed by atoms with Gasteiger partial charge in [0.1, 0.15) is 0 Å². The van der Waals surface area contributed by atoms with Crippen molar-refractivity contribution in [2.75, 3.05) is 0 Å². The molecule has 0 fully saturated rings. The van der Waals surface area contributed by atoms with Gasteiger partial charge in [0.25, 0.3) is 0 Å². The number of hydrogen-bond donors (Lipinski definition) is 2. The molecule has 3 heteroatoms. The summed E-state index contributed by atoms with van der Waals surface area (Å²) in [5.74, 6) is 0.0848. The number of aliphatic hydroxyl groups is 2. The van der Waals surface area contributed by atoms with E-state index in [0.29, 0.717) is 0 Å². The molecular weight excluding hydrogens is 159 g/mol. The summed E-state index contributed by atoms with van der Waals surface area (Å²) in [6, 6.07) is 0. The molecule has 0 rings (SSSR count). The van der Waals surface area contributed by atoms with Gasteiger partial charge in [-0.1, -0.05) is 0 Å². The third kappa shape index (κ3) is 7.58. The van der Waals surface area contributed by atoms with Crippen molar-refractivity contribution in [2.24, 2.45) is 5.92 Å². The maximum atomic E-state index is 8.97. The molecular formula is C10H21LiO2. The molecule has 0 aliphatic rings. The summed E-state index contributed by atoms with van der Waals surface area (Å²) in [5.41, 5.74) is 0. The van der Waals surface area contributed by atoms with Gasteiger partial charge in [0.2, 0.25) is 0 Å². The number of rotatable bonds is 8. The SMILES string of the molecule is [Li][CH2]CCCCCC(CC)C(O)O. The van der Waals surface area contributed by atoms with Crippen LogP contribution in [-0.2, 0) is 0 Å². The van der Waals surface area contributed by atoms with Crippen molar-refractivity contribution >= 4 is 17.7 Å². The Morgan fingerprint density at radius 3 is 2.15 bits per heavy atom. The second-order valence-corrected chi connectivity index (χ2v) is 3.78. The Morgan fingerprint density at radius 2 is 1.69 bits per heavy atom. The average Bonchev–Trinajstić information content (AvgIpc) is 2.10. The summed E-state index contributed by atoms with van der Waals surface area (Å²) in [6.07, 6.45) is 5.67. The zero-order valence-corrected chi connectivity index (χ0v) is 9.00. The van der Waals surface area contributed by atoms with Gasteiger partial charge in [0, 0.05) is 0 Å². The van der Waals surface area contributed by atoms with Gasteiger partial charge in [-0.05, 0) is 0 Å². The fourth-order valence-electron chi connectivity index (χ4n) is 1.57. The molecule has 2 nitrogen and oxygen atoms in total. The van der Waals surface area contributed by atoms with E-state index in [-0.39, 0.29) is 5.92 Å². The molecule has 0 amide bonds. The van der Waals surface area contributed by atoms with Crippen LogP contribution >= 0.6 is 0 Å². The van der Waals surface area contributed by atoms with E-state index in [9.17, 15) is 0 Å². The molecule has 0 aliphatic heterocycles. The molecule has 0 aromatic rings. The normalized spacial score (nSPS) is 13.7. The van der Waals surface area contributed by atoms with E-state index >= 15 is 0 Å². The number of unbranched alkanes of at least 4 members (excludes halogenated alkanes) is 3. The summed E-state index contributed by atoms with van der Waals surface area (Å²) < 4.78 is 0. The summed E-state index contributed by atoms with van der Waals surface area (Å²) in [7, 11) is 0. The van der Waals surface area contributed by atoms with Crippen LogP contribution in [0.5, 0.6) is 0 Å². The van der Waals surface area contributed by atoms with Crippen LogP contribution in [0.1, 0.15) is 45.4 Å². The molecule has 13 heavy (non-hydrogen) atoms. The Kier molecular flexibility index (Phi) is 9.45. The van der Waals surface area contributed by atoms with Crippen LogP contribution in [-0.4, -0.2) is 34.2 Å². The van der Waals surface area contributed by atoms with Crippen molar-refractivity contribution in [3.8, 4) is 0 Å². The van der Waals surface area contributed by atoms with Crippen LogP contribution in [0, 0.1) is 5.92 Å². The Balaban J connectivity index is 3.28. The van der Waals surface area contributed by atoms with Crippen LogP contribution in [0.3, 0.4) is 0 Å². The monoisotopic (exact) mass is 180 g/mol. The van der Waals surface area contributed by atoms with E-state index in [1.165, 1.54) is 24.4 Å². The predicted octanol–water partition coefficient (Wildman–Crippen LogP) is 1.86. The average molecular weight is 180 g/mol. The van der Waals surface area contributed by atoms with E-state index in [0.717, 1.165) is 19.3 Å². The third-order valence-electron chi connectivity index (χ3n) is 2.62. The molecule has 0 heterocycles. The number of aliphatic hydroxyl groups excluding tert-OH is 1. The molecule has 0 saturated carbocycles. The van der Waals surface area contributed by atoms with Gasteiger partial charge in [-0.15, -0.1) is 0 Å². The minimum absolute atomic E-state index is 0.0848. The van der Waals surface area contributed by atoms with Crippen molar-refractivity contribution in [1.29, 1.82) is 0 Å². The first-order chi connectivity index (χ1) is 6.22. The Hall–Kier alpha value is 0.517. The molecule has 2 N–H and O–H groups in total. The Labute approximate surface area is 90.9 Å². The quantitative estimate of drug-likeness (QED) is 0.340. The molecule has 0 aliphatic carbocycles. The van der Waals surface area contributed by atoms with E-state index in [1.807, 2.05) is 6.92 Å². The summed E-state index contributed by atoms with van der Waals surface area (Å²) in [6.45, 7) is 2.01. The van der Waals surface area contributed by atoms with Gasteiger partial charge < -0.3 is 0 Å². The van der Waals surface area contributed by atoms with Crippen molar-refractivity contribution in [1.82, 2.24) is 0 Å². The molecule has 0 aromatic heterocycles. The second kappa shape index (κ2) is 9.09. The van der Waals surface area contributed by atoms with Crippen molar-refractivity contribution < 1.29 is 10.2 Å². The molecule has 1 atom stereocenters. The Morgan fingerprint density at radius 1 is 1.08 bits per heavy atom. The first kappa shape index (κ1) is 13.5. The van der Waals surface area contributed by atoms with Crippen molar-refractivity contribution in [3.05, 3.63) is 0 Å². The molecule has 74 valence electrons. The van der Waals surface area contributed by atoms with Crippen LogP contribution in [0.4, 0.5) is 0 Å². The first-order valence-electron chi connectivity index (χ1n) is 5.58. The molecule has 0 saturated heterocycles. The van der Waals surface area contributed by atoms with Gasteiger partial charge in [0.05, 0.1) is 0 Å². The maximum absolute atomic E-state index is 8.97. The zero-order chi connectivity index (χ0) is 10.1. The van der Waals surface area contributed by atoms with E-state index in [2.05, 4.69) is 17.7 Å². The summed E-state index contributed by atoms with van der Waals surface area (Å²) in [5, 5.41) is 19.2. The van der Waals surface area contributed by atoms with Crippen LogP contribution in [0.15, 0.2) is 0 Å².